The van der Waals surface area contributed by atoms with E-state index in [9.17, 15) is 19.7 Å². The topological polar surface area (TPSA) is 102 Å². The summed E-state index contributed by atoms with van der Waals surface area (Å²) in [7, 11) is 1.50. The first-order chi connectivity index (χ1) is 15.8. The third-order valence-electron chi connectivity index (χ3n) is 5.54. The summed E-state index contributed by atoms with van der Waals surface area (Å²) in [6.07, 6.45) is 0. The molecule has 166 valence electrons. The number of non-ortho nitro benzene ring substituents is 1. The predicted octanol–water partition coefficient (Wildman–Crippen LogP) is 4.62. The van der Waals surface area contributed by atoms with Crippen molar-refractivity contribution >= 4 is 34.4 Å². The predicted molar refractivity (Wildman–Crippen MR) is 125 cm³/mol. The van der Waals surface area contributed by atoms with Crippen molar-refractivity contribution in [2.75, 3.05) is 17.3 Å². The highest BCUT2D eigenvalue weighted by Crippen LogP contribution is 2.35. The lowest BCUT2D eigenvalue weighted by atomic mass is 10.0. The van der Waals surface area contributed by atoms with Crippen LogP contribution in [0.2, 0.25) is 0 Å². The minimum absolute atomic E-state index is 0.0972. The Balaban J connectivity index is 1.82. The van der Waals surface area contributed by atoms with Gasteiger partial charge in [-0.15, -0.1) is 0 Å². The van der Waals surface area contributed by atoms with Crippen LogP contribution in [0.5, 0.6) is 5.75 Å². The van der Waals surface area contributed by atoms with Gasteiger partial charge >= 0.3 is 0 Å². The molecule has 0 bridgehead atoms. The molecule has 1 heterocycles. The molecule has 8 heteroatoms. The summed E-state index contributed by atoms with van der Waals surface area (Å²) in [5.74, 6) is -0.561. The van der Waals surface area contributed by atoms with Crippen LogP contribution in [0.1, 0.15) is 16.7 Å². The molecular weight excluding hydrogens is 422 g/mol. The number of nitrogens with one attached hydrogen (secondary N) is 1. The Bertz CT molecular complexity index is 1310. The first kappa shape index (κ1) is 21.8. The summed E-state index contributed by atoms with van der Waals surface area (Å²) in [6, 6.07) is 17.8. The van der Waals surface area contributed by atoms with Crippen molar-refractivity contribution in [1.29, 1.82) is 0 Å². The van der Waals surface area contributed by atoms with E-state index in [2.05, 4.69) is 5.32 Å². The quantitative estimate of drug-likeness (QED) is 0.339. The largest absolute Gasteiger partial charge is 0.497 e. The van der Waals surface area contributed by atoms with Crippen LogP contribution in [0.3, 0.4) is 0 Å². The normalized spacial score (nSPS) is 13.5. The maximum atomic E-state index is 13.5. The third-order valence-corrected chi connectivity index (χ3v) is 5.54. The average Bonchev–Trinajstić information content (AvgIpc) is 3.05. The van der Waals surface area contributed by atoms with Gasteiger partial charge in [-0.05, 0) is 66.9 Å². The highest BCUT2D eigenvalue weighted by molar-refractivity contribution is 6.46. The van der Waals surface area contributed by atoms with E-state index < -0.39 is 16.7 Å². The van der Waals surface area contributed by atoms with Crippen molar-refractivity contribution in [3.05, 3.63) is 99.2 Å². The van der Waals surface area contributed by atoms with Gasteiger partial charge in [0.05, 0.1) is 23.3 Å². The Hall–Kier alpha value is -4.46. The van der Waals surface area contributed by atoms with Gasteiger partial charge in [0, 0.05) is 23.9 Å². The number of hydrogen-bond acceptors (Lipinski definition) is 6. The Morgan fingerprint density at radius 2 is 1.64 bits per heavy atom. The van der Waals surface area contributed by atoms with Gasteiger partial charge in [-0.25, -0.2) is 4.90 Å². The molecule has 2 amide bonds. The van der Waals surface area contributed by atoms with Crippen LogP contribution in [-0.2, 0) is 9.59 Å². The van der Waals surface area contributed by atoms with Crippen molar-refractivity contribution in [2.45, 2.75) is 13.8 Å². The molecule has 0 aromatic heterocycles. The first-order valence-electron chi connectivity index (χ1n) is 10.2. The zero-order valence-electron chi connectivity index (χ0n) is 18.3. The number of rotatable bonds is 6. The SMILES string of the molecule is COc1cccc(N2C(=O)C(Nc3ccc(C)c(C)c3)=C(c3ccc([N+](=O)[O-])cc3)C2=O)c1. The van der Waals surface area contributed by atoms with E-state index in [4.69, 9.17) is 4.74 Å². The molecule has 0 spiro atoms. The summed E-state index contributed by atoms with van der Waals surface area (Å²) in [5.41, 5.74) is 3.66. The second-order valence-corrected chi connectivity index (χ2v) is 7.63. The van der Waals surface area contributed by atoms with Gasteiger partial charge in [-0.3, -0.25) is 19.7 Å². The summed E-state index contributed by atoms with van der Waals surface area (Å²) in [4.78, 5) is 38.6. The van der Waals surface area contributed by atoms with Crippen LogP contribution < -0.4 is 15.0 Å². The molecule has 1 aliphatic heterocycles. The van der Waals surface area contributed by atoms with E-state index in [-0.39, 0.29) is 17.0 Å². The van der Waals surface area contributed by atoms with Crippen molar-refractivity contribution in [3.8, 4) is 5.75 Å². The van der Waals surface area contributed by atoms with E-state index in [0.29, 0.717) is 22.7 Å². The van der Waals surface area contributed by atoms with Crippen molar-refractivity contribution in [1.82, 2.24) is 0 Å². The van der Waals surface area contributed by atoms with Crippen LogP contribution in [0.15, 0.2) is 72.4 Å². The van der Waals surface area contributed by atoms with E-state index in [0.717, 1.165) is 16.0 Å². The number of benzene rings is 3. The molecule has 0 radical (unpaired) electrons. The number of amides is 2. The Morgan fingerprint density at radius 3 is 2.27 bits per heavy atom. The number of nitro benzene ring substituents is 1. The molecule has 8 nitrogen and oxygen atoms in total. The van der Waals surface area contributed by atoms with Crippen molar-refractivity contribution in [3.63, 3.8) is 0 Å². The highest BCUT2D eigenvalue weighted by atomic mass is 16.6. The number of hydrogen-bond donors (Lipinski definition) is 1. The number of imide groups is 1. The van der Waals surface area contributed by atoms with Gasteiger partial charge in [0.15, 0.2) is 0 Å². The van der Waals surface area contributed by atoms with E-state index in [1.165, 1.54) is 31.4 Å². The fraction of sp³-hybridized carbons (Fsp3) is 0.120. The second-order valence-electron chi connectivity index (χ2n) is 7.63. The Morgan fingerprint density at radius 1 is 0.909 bits per heavy atom. The number of methoxy groups -OCH3 is 1. The summed E-state index contributed by atoms with van der Waals surface area (Å²) in [5, 5.41) is 14.2. The summed E-state index contributed by atoms with van der Waals surface area (Å²) < 4.78 is 5.24. The molecule has 0 saturated heterocycles. The molecule has 0 atom stereocenters. The molecule has 33 heavy (non-hydrogen) atoms. The zero-order valence-corrected chi connectivity index (χ0v) is 18.3. The first-order valence-corrected chi connectivity index (χ1v) is 10.2. The lowest BCUT2D eigenvalue weighted by molar-refractivity contribution is -0.384. The molecule has 0 unspecified atom stereocenters. The lowest BCUT2D eigenvalue weighted by Crippen LogP contribution is -2.32. The third kappa shape index (κ3) is 4.06. The molecule has 1 N–H and O–H groups in total. The van der Waals surface area contributed by atoms with Gasteiger partial charge in [0.1, 0.15) is 11.4 Å². The fourth-order valence-corrected chi connectivity index (χ4v) is 3.61. The number of anilines is 2. The van der Waals surface area contributed by atoms with Gasteiger partial charge in [0.2, 0.25) is 0 Å². The van der Waals surface area contributed by atoms with Gasteiger partial charge < -0.3 is 10.1 Å². The fourth-order valence-electron chi connectivity index (χ4n) is 3.61. The van der Waals surface area contributed by atoms with Gasteiger partial charge in [0.25, 0.3) is 17.5 Å². The van der Waals surface area contributed by atoms with E-state index >= 15 is 0 Å². The van der Waals surface area contributed by atoms with Crippen LogP contribution >= 0.6 is 0 Å². The summed E-state index contributed by atoms with van der Waals surface area (Å²) in [6.45, 7) is 3.94. The van der Waals surface area contributed by atoms with Crippen molar-refractivity contribution < 1.29 is 19.2 Å². The van der Waals surface area contributed by atoms with E-state index in [1.807, 2.05) is 32.0 Å². The molecule has 0 aliphatic carbocycles. The van der Waals surface area contributed by atoms with Crippen molar-refractivity contribution in [2.24, 2.45) is 0 Å². The van der Waals surface area contributed by atoms with E-state index in [1.54, 1.807) is 24.3 Å². The standard InChI is InChI=1S/C25H21N3O5/c1-15-7-10-18(13-16(15)2)26-23-22(17-8-11-19(12-9-17)28(31)32)24(29)27(25(23)30)20-5-4-6-21(14-20)33-3/h4-14,26H,1-3H3. The van der Waals surface area contributed by atoms with Gasteiger partial charge in [-0.2, -0.15) is 0 Å². The van der Waals surface area contributed by atoms with Crippen LogP contribution in [0, 0.1) is 24.0 Å². The number of carbonyl (C=O) groups is 2. The van der Waals surface area contributed by atoms with Gasteiger partial charge in [-0.1, -0.05) is 12.1 Å². The maximum Gasteiger partial charge on any atom is 0.282 e. The van der Waals surface area contributed by atoms with Crippen LogP contribution in [0.25, 0.3) is 5.57 Å². The van der Waals surface area contributed by atoms with Crippen LogP contribution in [-0.4, -0.2) is 23.8 Å². The number of ether oxygens (including phenoxy) is 1. The number of carbonyl (C=O) groups excluding carboxylic acids is 2. The number of nitrogens with zero attached hydrogens (tertiary/aromatic N) is 2. The number of aryl methyl sites for hydroxylation is 2. The monoisotopic (exact) mass is 443 g/mol. The summed E-state index contributed by atoms with van der Waals surface area (Å²) >= 11 is 0. The molecule has 0 saturated carbocycles. The number of nitro groups is 1. The minimum Gasteiger partial charge on any atom is -0.497 e. The molecule has 3 aromatic carbocycles. The molecule has 1 aliphatic rings. The average molecular weight is 443 g/mol. The van der Waals surface area contributed by atoms with Crippen LogP contribution in [0.4, 0.5) is 17.1 Å². The maximum absolute atomic E-state index is 13.5. The Kier molecular flexibility index (Phi) is 5.66. The second kappa shape index (κ2) is 8.58. The molecule has 3 aromatic rings. The molecule has 0 fully saturated rings. The Labute approximate surface area is 190 Å². The highest BCUT2D eigenvalue weighted by Gasteiger charge is 2.40. The minimum atomic E-state index is -0.534. The smallest absolute Gasteiger partial charge is 0.282 e. The lowest BCUT2D eigenvalue weighted by Gasteiger charge is -2.16. The zero-order chi connectivity index (χ0) is 23.7. The molecule has 4 rings (SSSR count). The molecular formula is C25H21N3O5.